The highest BCUT2D eigenvalue weighted by molar-refractivity contribution is 5.76. The molecule has 0 saturated heterocycles. The van der Waals surface area contributed by atoms with Crippen molar-refractivity contribution >= 4 is 11.9 Å². The van der Waals surface area contributed by atoms with Gasteiger partial charge in [0, 0.05) is 12.8 Å². The minimum atomic E-state index is -0.671. The Morgan fingerprint density at radius 2 is 0.839 bits per heavy atom. The number of carbonyl (C=O) groups is 2. The van der Waals surface area contributed by atoms with Gasteiger partial charge in [-0.05, 0) is 51.4 Å². The number of aliphatic hydroxyl groups excluding tert-OH is 2. The fourth-order valence-electron chi connectivity index (χ4n) is 7.69. The number of ether oxygens (including phenoxy) is 1. The summed E-state index contributed by atoms with van der Waals surface area (Å²) < 4.78 is 5.46. The number of carbonyl (C=O) groups excluding carboxylic acids is 2. The first-order valence-electron chi connectivity index (χ1n) is 24.9. The molecule has 2 atom stereocenters. The predicted octanol–water partition coefficient (Wildman–Crippen LogP) is 14.6. The fraction of sp³-hybridized carbons (Fsp3) is 0.920. The molecule has 0 aliphatic carbocycles. The molecule has 332 valence electrons. The van der Waals surface area contributed by atoms with Gasteiger partial charge in [-0.2, -0.15) is 0 Å². The number of hydrogen-bond donors (Lipinski definition) is 3. The van der Waals surface area contributed by atoms with Crippen LogP contribution in [0.25, 0.3) is 0 Å². The van der Waals surface area contributed by atoms with E-state index in [0.29, 0.717) is 25.9 Å². The van der Waals surface area contributed by atoms with Gasteiger partial charge in [0.2, 0.25) is 5.91 Å². The van der Waals surface area contributed by atoms with E-state index in [-0.39, 0.29) is 18.5 Å². The Morgan fingerprint density at radius 3 is 1.27 bits per heavy atom. The molecule has 0 fully saturated rings. The van der Waals surface area contributed by atoms with Crippen LogP contribution in [0.15, 0.2) is 12.2 Å². The van der Waals surface area contributed by atoms with Crippen LogP contribution in [0.3, 0.4) is 0 Å². The summed E-state index contributed by atoms with van der Waals surface area (Å²) in [5.41, 5.74) is 0. The molecule has 0 saturated carbocycles. The van der Waals surface area contributed by atoms with Gasteiger partial charge in [0.25, 0.3) is 0 Å². The van der Waals surface area contributed by atoms with E-state index < -0.39 is 12.1 Å². The summed E-state index contributed by atoms with van der Waals surface area (Å²) >= 11 is 0. The minimum absolute atomic E-state index is 0.0125. The largest absolute Gasteiger partial charge is 0.466 e. The Kier molecular flexibility index (Phi) is 45.1. The van der Waals surface area contributed by atoms with Gasteiger partial charge in [-0.3, -0.25) is 9.59 Å². The average Bonchev–Trinajstić information content (AvgIpc) is 3.20. The molecule has 0 aromatic heterocycles. The van der Waals surface area contributed by atoms with Gasteiger partial charge < -0.3 is 20.3 Å². The summed E-state index contributed by atoms with van der Waals surface area (Å²) in [6.07, 6.45) is 51.8. The Morgan fingerprint density at radius 1 is 0.482 bits per heavy atom. The molecular formula is C50H97NO5. The number of aliphatic hydroxyl groups is 2. The van der Waals surface area contributed by atoms with Crippen LogP contribution in [-0.2, 0) is 14.3 Å². The molecular weight excluding hydrogens is 695 g/mol. The standard InChI is InChI=1S/C50H97NO5/c1-3-5-7-9-11-13-14-15-16-17-18-19-20-24-28-32-36-40-44-50(55)56-45-41-37-33-29-25-22-21-23-27-31-35-39-43-49(54)51-47(46-52)48(53)42-38-34-30-26-12-10-8-6-4-2/h16-17,47-48,52-53H,3-15,18-46H2,1-2H3,(H,51,54)/b17-16-. The van der Waals surface area contributed by atoms with Crippen molar-refractivity contribution in [2.24, 2.45) is 0 Å². The lowest BCUT2D eigenvalue weighted by Crippen LogP contribution is -2.45. The molecule has 56 heavy (non-hydrogen) atoms. The smallest absolute Gasteiger partial charge is 0.305 e. The summed E-state index contributed by atoms with van der Waals surface area (Å²) in [5.74, 6) is -0.0654. The summed E-state index contributed by atoms with van der Waals surface area (Å²) in [7, 11) is 0. The molecule has 0 aliphatic rings. The highest BCUT2D eigenvalue weighted by Crippen LogP contribution is 2.16. The van der Waals surface area contributed by atoms with Gasteiger partial charge in [0.1, 0.15) is 0 Å². The lowest BCUT2D eigenvalue weighted by molar-refractivity contribution is -0.143. The van der Waals surface area contributed by atoms with E-state index in [1.807, 2.05) is 0 Å². The van der Waals surface area contributed by atoms with E-state index in [2.05, 4.69) is 31.3 Å². The first-order valence-corrected chi connectivity index (χ1v) is 24.9. The molecule has 1 amide bonds. The number of hydrogen-bond acceptors (Lipinski definition) is 5. The van der Waals surface area contributed by atoms with Gasteiger partial charge >= 0.3 is 5.97 Å². The highest BCUT2D eigenvalue weighted by Gasteiger charge is 2.20. The number of esters is 1. The molecule has 0 heterocycles. The summed E-state index contributed by atoms with van der Waals surface area (Å²) in [5, 5.41) is 23.0. The number of amides is 1. The Balaban J connectivity index is 3.42. The topological polar surface area (TPSA) is 95.9 Å². The quantitative estimate of drug-likeness (QED) is 0.0324. The van der Waals surface area contributed by atoms with Crippen molar-refractivity contribution < 1.29 is 24.5 Å². The molecule has 0 rings (SSSR count). The molecule has 0 bridgehead atoms. The lowest BCUT2D eigenvalue weighted by Gasteiger charge is -2.22. The van der Waals surface area contributed by atoms with E-state index >= 15 is 0 Å². The molecule has 0 radical (unpaired) electrons. The monoisotopic (exact) mass is 792 g/mol. The van der Waals surface area contributed by atoms with Crippen molar-refractivity contribution in [1.82, 2.24) is 5.32 Å². The van der Waals surface area contributed by atoms with Crippen LogP contribution in [0.4, 0.5) is 0 Å². The van der Waals surface area contributed by atoms with Crippen molar-refractivity contribution in [3.63, 3.8) is 0 Å². The first-order chi connectivity index (χ1) is 27.5. The second-order valence-corrected chi connectivity index (χ2v) is 17.1. The Bertz CT molecular complexity index is 832. The lowest BCUT2D eigenvalue weighted by atomic mass is 10.0. The van der Waals surface area contributed by atoms with E-state index in [1.165, 1.54) is 180 Å². The Labute approximate surface area is 349 Å². The number of rotatable bonds is 46. The zero-order valence-electron chi connectivity index (χ0n) is 37.6. The van der Waals surface area contributed by atoms with E-state index in [0.717, 1.165) is 57.8 Å². The van der Waals surface area contributed by atoms with Crippen molar-refractivity contribution in [2.75, 3.05) is 13.2 Å². The molecule has 0 aromatic carbocycles. The average molecular weight is 792 g/mol. The SMILES string of the molecule is CCCCCCCCC/C=C\CCCCCCCCCC(=O)OCCCCCCCCCCCCCCC(=O)NC(CO)C(O)CCCCCCCCCCC. The van der Waals surface area contributed by atoms with E-state index in [9.17, 15) is 19.8 Å². The zero-order chi connectivity index (χ0) is 40.8. The van der Waals surface area contributed by atoms with Crippen LogP contribution < -0.4 is 5.32 Å². The second kappa shape index (κ2) is 46.3. The molecule has 6 heteroatoms. The van der Waals surface area contributed by atoms with Crippen molar-refractivity contribution in [3.05, 3.63) is 12.2 Å². The summed E-state index contributed by atoms with van der Waals surface area (Å²) in [4.78, 5) is 24.4. The third-order valence-corrected chi connectivity index (χ3v) is 11.6. The second-order valence-electron chi connectivity index (χ2n) is 17.1. The molecule has 3 N–H and O–H groups in total. The zero-order valence-corrected chi connectivity index (χ0v) is 37.6. The molecule has 6 nitrogen and oxygen atoms in total. The maximum Gasteiger partial charge on any atom is 0.305 e. The van der Waals surface area contributed by atoms with Crippen LogP contribution in [0.2, 0.25) is 0 Å². The maximum atomic E-state index is 12.4. The van der Waals surface area contributed by atoms with Crippen LogP contribution in [0.1, 0.15) is 271 Å². The van der Waals surface area contributed by atoms with E-state index in [1.54, 1.807) is 0 Å². The van der Waals surface area contributed by atoms with Crippen molar-refractivity contribution in [2.45, 2.75) is 283 Å². The van der Waals surface area contributed by atoms with Gasteiger partial charge in [-0.15, -0.1) is 0 Å². The molecule has 0 spiro atoms. The number of nitrogens with one attached hydrogen (secondary N) is 1. The van der Waals surface area contributed by atoms with Crippen molar-refractivity contribution in [3.8, 4) is 0 Å². The fourth-order valence-corrected chi connectivity index (χ4v) is 7.69. The van der Waals surface area contributed by atoms with Gasteiger partial charge in [-0.1, -0.05) is 219 Å². The predicted molar refractivity (Wildman–Crippen MR) is 241 cm³/mol. The maximum absolute atomic E-state index is 12.4. The molecule has 0 aliphatic heterocycles. The third kappa shape index (κ3) is 42.2. The van der Waals surface area contributed by atoms with Crippen LogP contribution in [-0.4, -0.2) is 47.4 Å². The number of unbranched alkanes of at least 4 members (excludes halogenated alkanes) is 33. The third-order valence-electron chi connectivity index (χ3n) is 11.6. The van der Waals surface area contributed by atoms with Gasteiger partial charge in [0.15, 0.2) is 0 Å². The Hall–Kier alpha value is -1.40. The minimum Gasteiger partial charge on any atom is -0.466 e. The van der Waals surface area contributed by atoms with Crippen LogP contribution in [0.5, 0.6) is 0 Å². The molecule has 2 unspecified atom stereocenters. The van der Waals surface area contributed by atoms with Crippen LogP contribution >= 0.6 is 0 Å². The highest BCUT2D eigenvalue weighted by atomic mass is 16.5. The first kappa shape index (κ1) is 54.6. The molecule has 0 aromatic rings. The normalized spacial score (nSPS) is 12.7. The van der Waals surface area contributed by atoms with Gasteiger partial charge in [-0.25, -0.2) is 0 Å². The summed E-state index contributed by atoms with van der Waals surface area (Å²) in [6.45, 7) is 4.89. The van der Waals surface area contributed by atoms with Gasteiger partial charge in [0.05, 0.1) is 25.4 Å². The van der Waals surface area contributed by atoms with E-state index in [4.69, 9.17) is 4.74 Å². The van der Waals surface area contributed by atoms with Crippen LogP contribution in [0, 0.1) is 0 Å². The summed E-state index contributed by atoms with van der Waals surface area (Å²) in [6, 6.07) is -0.550. The van der Waals surface area contributed by atoms with Crippen molar-refractivity contribution in [1.29, 1.82) is 0 Å². The number of allylic oxidation sites excluding steroid dienone is 2.